The molecule has 0 aromatic carbocycles. The van der Waals surface area contributed by atoms with Crippen molar-refractivity contribution in [1.82, 2.24) is 4.90 Å². The van der Waals surface area contributed by atoms with E-state index in [-0.39, 0.29) is 6.03 Å². The molecule has 2 N–H and O–H groups in total. The first kappa shape index (κ1) is 5.41. The van der Waals surface area contributed by atoms with Crippen LogP contribution in [0.3, 0.4) is 0 Å². The van der Waals surface area contributed by atoms with Gasteiger partial charge in [0, 0.05) is 13.1 Å². The zero-order valence-corrected chi connectivity index (χ0v) is 4.63. The molecular weight excluding hydrogens is 104 g/mol. The highest BCUT2D eigenvalue weighted by atomic mass is 16.2. The van der Waals surface area contributed by atoms with Gasteiger partial charge in [0.2, 0.25) is 0 Å². The van der Waals surface area contributed by atoms with Crippen molar-refractivity contribution in [3.05, 3.63) is 6.42 Å². The van der Waals surface area contributed by atoms with Crippen molar-refractivity contribution in [3.63, 3.8) is 0 Å². The van der Waals surface area contributed by atoms with Gasteiger partial charge in [0.15, 0.2) is 0 Å². The molecule has 0 aliphatic carbocycles. The first-order chi connectivity index (χ1) is 3.80. The molecule has 0 spiro atoms. The molecular formula is C5H9N2O. The highest BCUT2D eigenvalue weighted by molar-refractivity contribution is 5.72. The molecule has 8 heavy (non-hydrogen) atoms. The van der Waals surface area contributed by atoms with E-state index in [2.05, 4.69) is 0 Å². The predicted molar refractivity (Wildman–Crippen MR) is 30.1 cm³/mol. The molecule has 1 aliphatic rings. The van der Waals surface area contributed by atoms with E-state index < -0.39 is 0 Å². The Morgan fingerprint density at radius 2 is 2.50 bits per heavy atom. The van der Waals surface area contributed by atoms with Gasteiger partial charge in [0.05, 0.1) is 0 Å². The quantitative estimate of drug-likeness (QED) is 0.471. The van der Waals surface area contributed by atoms with Crippen molar-refractivity contribution >= 4 is 6.03 Å². The van der Waals surface area contributed by atoms with Crippen molar-refractivity contribution < 1.29 is 4.79 Å². The summed E-state index contributed by atoms with van der Waals surface area (Å²) in [6, 6.07) is -0.307. The summed E-state index contributed by atoms with van der Waals surface area (Å²) >= 11 is 0. The van der Waals surface area contributed by atoms with Gasteiger partial charge in [0.25, 0.3) is 0 Å². The number of carbonyl (C=O) groups is 1. The lowest BCUT2D eigenvalue weighted by atomic mass is 10.4. The van der Waals surface area contributed by atoms with Gasteiger partial charge in [-0.1, -0.05) is 0 Å². The van der Waals surface area contributed by atoms with Gasteiger partial charge in [0.1, 0.15) is 0 Å². The van der Waals surface area contributed by atoms with Gasteiger partial charge in [-0.3, -0.25) is 0 Å². The number of rotatable bonds is 0. The van der Waals surface area contributed by atoms with Gasteiger partial charge in [-0.05, 0) is 12.8 Å². The second kappa shape index (κ2) is 2.03. The number of carbonyl (C=O) groups excluding carboxylic acids is 1. The Balaban J connectivity index is 2.35. The number of amides is 2. The molecule has 3 heteroatoms. The highest BCUT2D eigenvalue weighted by Crippen LogP contribution is 2.03. The average Bonchev–Trinajstić information content (AvgIpc) is 2.12. The summed E-state index contributed by atoms with van der Waals surface area (Å²) in [5, 5.41) is 0. The fourth-order valence-electron chi connectivity index (χ4n) is 0.786. The molecule has 0 bridgehead atoms. The van der Waals surface area contributed by atoms with E-state index in [4.69, 9.17) is 5.73 Å². The van der Waals surface area contributed by atoms with Crippen LogP contribution in [-0.2, 0) is 0 Å². The van der Waals surface area contributed by atoms with Crippen LogP contribution < -0.4 is 5.73 Å². The molecule has 45 valence electrons. The van der Waals surface area contributed by atoms with Crippen LogP contribution in [0.5, 0.6) is 0 Å². The molecule has 1 aliphatic heterocycles. The zero-order chi connectivity index (χ0) is 5.98. The van der Waals surface area contributed by atoms with Gasteiger partial charge in [-0.15, -0.1) is 0 Å². The summed E-state index contributed by atoms with van der Waals surface area (Å²) in [4.78, 5) is 11.9. The number of nitrogens with zero attached hydrogens (tertiary/aromatic N) is 1. The third kappa shape index (κ3) is 0.911. The van der Waals surface area contributed by atoms with E-state index in [1.165, 1.54) is 0 Å². The molecule has 1 heterocycles. The first-order valence-corrected chi connectivity index (χ1v) is 2.67. The molecule has 1 rings (SSSR count). The molecule has 0 aromatic rings. The van der Waals surface area contributed by atoms with E-state index >= 15 is 0 Å². The van der Waals surface area contributed by atoms with Crippen LogP contribution in [0.2, 0.25) is 0 Å². The van der Waals surface area contributed by atoms with Crippen LogP contribution in [-0.4, -0.2) is 24.0 Å². The topological polar surface area (TPSA) is 46.3 Å². The van der Waals surface area contributed by atoms with Crippen LogP contribution in [0.25, 0.3) is 0 Å². The van der Waals surface area contributed by atoms with Gasteiger partial charge in [-0.2, -0.15) is 0 Å². The van der Waals surface area contributed by atoms with E-state index in [1.54, 1.807) is 4.90 Å². The van der Waals surface area contributed by atoms with Crippen LogP contribution in [0.4, 0.5) is 4.79 Å². The molecule has 3 nitrogen and oxygen atoms in total. The minimum atomic E-state index is -0.307. The Morgan fingerprint density at radius 1 is 1.75 bits per heavy atom. The Kier molecular flexibility index (Phi) is 1.37. The largest absolute Gasteiger partial charge is 0.351 e. The number of hydrogen-bond acceptors (Lipinski definition) is 1. The molecule has 0 saturated carbocycles. The van der Waals surface area contributed by atoms with Gasteiger partial charge < -0.3 is 10.6 Å². The van der Waals surface area contributed by atoms with Crippen molar-refractivity contribution in [2.24, 2.45) is 5.73 Å². The normalized spacial score (nSPS) is 19.2. The van der Waals surface area contributed by atoms with E-state index in [9.17, 15) is 4.79 Å². The standard InChI is InChI=1S/C5H9N2O/c6-5(8)7-3-1-2-4-7/h1H,2-4H2,(H2,6,8). The molecule has 0 atom stereocenters. The lowest BCUT2D eigenvalue weighted by molar-refractivity contribution is 0.219. The third-order valence-corrected chi connectivity index (χ3v) is 1.26. The smallest absolute Gasteiger partial charge is 0.314 e. The van der Waals surface area contributed by atoms with Crippen molar-refractivity contribution in [3.8, 4) is 0 Å². The first-order valence-electron chi connectivity index (χ1n) is 2.67. The Labute approximate surface area is 48.5 Å². The zero-order valence-electron chi connectivity index (χ0n) is 4.63. The van der Waals surface area contributed by atoms with Crippen molar-refractivity contribution in [2.45, 2.75) is 6.42 Å². The summed E-state index contributed by atoms with van der Waals surface area (Å²) in [7, 11) is 0. The Hall–Kier alpha value is -0.730. The second-order valence-corrected chi connectivity index (χ2v) is 1.86. The average molecular weight is 113 g/mol. The summed E-state index contributed by atoms with van der Waals surface area (Å²) in [5.74, 6) is 0. The molecule has 0 aromatic heterocycles. The van der Waals surface area contributed by atoms with Crippen LogP contribution in [0, 0.1) is 6.42 Å². The van der Waals surface area contributed by atoms with E-state index in [0.717, 1.165) is 19.5 Å². The SMILES string of the molecule is NC(=O)N1C[CH]CC1. The monoisotopic (exact) mass is 113 g/mol. The Bertz CT molecular complexity index is 96.6. The number of primary amides is 1. The third-order valence-electron chi connectivity index (χ3n) is 1.26. The maximum absolute atomic E-state index is 10.3. The highest BCUT2D eigenvalue weighted by Gasteiger charge is 2.13. The minimum Gasteiger partial charge on any atom is -0.351 e. The summed E-state index contributed by atoms with van der Waals surface area (Å²) in [5.41, 5.74) is 4.96. The molecule has 0 unspecified atom stereocenters. The van der Waals surface area contributed by atoms with E-state index in [1.807, 2.05) is 6.42 Å². The molecule has 1 saturated heterocycles. The fraction of sp³-hybridized carbons (Fsp3) is 0.600. The van der Waals surface area contributed by atoms with Crippen LogP contribution >= 0.6 is 0 Å². The van der Waals surface area contributed by atoms with Gasteiger partial charge >= 0.3 is 6.03 Å². The Morgan fingerprint density at radius 3 is 2.75 bits per heavy atom. The lowest BCUT2D eigenvalue weighted by Crippen LogP contribution is -2.32. The summed E-state index contributed by atoms with van der Waals surface area (Å²) in [6.45, 7) is 1.53. The van der Waals surface area contributed by atoms with Gasteiger partial charge in [-0.25, -0.2) is 4.79 Å². The van der Waals surface area contributed by atoms with Crippen molar-refractivity contribution in [1.29, 1.82) is 0 Å². The maximum atomic E-state index is 10.3. The van der Waals surface area contributed by atoms with Crippen LogP contribution in [0.15, 0.2) is 0 Å². The van der Waals surface area contributed by atoms with Crippen LogP contribution in [0.1, 0.15) is 6.42 Å². The van der Waals surface area contributed by atoms with Crippen molar-refractivity contribution in [2.75, 3.05) is 13.1 Å². The maximum Gasteiger partial charge on any atom is 0.314 e. The number of likely N-dealkylation sites (tertiary alicyclic amines) is 1. The van der Waals surface area contributed by atoms with E-state index in [0.29, 0.717) is 0 Å². The fourth-order valence-corrected chi connectivity index (χ4v) is 0.786. The second-order valence-electron chi connectivity index (χ2n) is 1.86. The number of nitrogens with two attached hydrogens (primary N) is 1. The summed E-state index contributed by atoms with van der Waals surface area (Å²) in [6.07, 6.45) is 3.04. The predicted octanol–water partition coefficient (Wildman–Crippen LogP) is -0.0249. The molecule has 1 fully saturated rings. The number of urea groups is 1. The molecule has 1 radical (unpaired) electrons. The summed E-state index contributed by atoms with van der Waals surface area (Å²) < 4.78 is 0. The molecule has 2 amide bonds. The minimum absolute atomic E-state index is 0.307. The lowest BCUT2D eigenvalue weighted by Gasteiger charge is -2.09. The number of hydrogen-bond donors (Lipinski definition) is 1.